The first-order valence-electron chi connectivity index (χ1n) is 7.73. The van der Waals surface area contributed by atoms with E-state index in [4.69, 9.17) is 13.6 Å². The molecule has 3 aromatic rings. The van der Waals surface area contributed by atoms with Crippen molar-refractivity contribution in [1.29, 1.82) is 0 Å². The fourth-order valence-electron chi connectivity index (χ4n) is 2.45. The third kappa shape index (κ3) is 3.65. The minimum Gasteiger partial charge on any atom is -0.497 e. The molecule has 0 radical (unpaired) electrons. The minimum atomic E-state index is -0.444. The molecule has 0 atom stereocenters. The lowest BCUT2D eigenvalue weighted by molar-refractivity contribution is -0.120. The normalized spacial score (nSPS) is 10.6. The molecule has 0 fully saturated rings. The highest BCUT2D eigenvalue weighted by Crippen LogP contribution is 2.28. The van der Waals surface area contributed by atoms with Gasteiger partial charge in [-0.15, -0.1) is 0 Å². The SMILES string of the molecule is COc1ccc2oc(C(=O)NCC(=O)NCc3ccco3)c(C)c2c1. The van der Waals surface area contributed by atoms with Gasteiger partial charge in [0.25, 0.3) is 5.91 Å². The van der Waals surface area contributed by atoms with Crippen LogP contribution >= 0.6 is 0 Å². The van der Waals surface area contributed by atoms with Gasteiger partial charge >= 0.3 is 0 Å². The van der Waals surface area contributed by atoms with E-state index in [-0.39, 0.29) is 24.8 Å². The monoisotopic (exact) mass is 342 g/mol. The summed E-state index contributed by atoms with van der Waals surface area (Å²) in [5.74, 6) is 0.741. The van der Waals surface area contributed by atoms with E-state index in [9.17, 15) is 9.59 Å². The smallest absolute Gasteiger partial charge is 0.287 e. The summed E-state index contributed by atoms with van der Waals surface area (Å²) in [6.45, 7) is 1.90. The van der Waals surface area contributed by atoms with E-state index in [1.807, 2.05) is 0 Å². The minimum absolute atomic E-state index is 0.153. The Bertz CT molecular complexity index is 896. The molecule has 0 spiro atoms. The van der Waals surface area contributed by atoms with E-state index in [0.29, 0.717) is 22.7 Å². The maximum absolute atomic E-state index is 12.3. The summed E-state index contributed by atoms with van der Waals surface area (Å²) in [7, 11) is 1.57. The molecule has 0 aliphatic carbocycles. The molecule has 2 heterocycles. The van der Waals surface area contributed by atoms with E-state index in [1.165, 1.54) is 6.26 Å². The van der Waals surface area contributed by atoms with Gasteiger partial charge in [0.15, 0.2) is 5.76 Å². The van der Waals surface area contributed by atoms with Crippen LogP contribution in [0.2, 0.25) is 0 Å². The summed E-state index contributed by atoms with van der Waals surface area (Å²) in [5, 5.41) is 6.00. The quantitative estimate of drug-likeness (QED) is 0.717. The topological polar surface area (TPSA) is 93.7 Å². The fourth-order valence-corrected chi connectivity index (χ4v) is 2.45. The zero-order chi connectivity index (χ0) is 17.8. The van der Waals surface area contributed by atoms with Gasteiger partial charge in [-0.05, 0) is 37.3 Å². The lowest BCUT2D eigenvalue weighted by atomic mass is 10.1. The summed E-state index contributed by atoms with van der Waals surface area (Å²) >= 11 is 0. The first-order chi connectivity index (χ1) is 12.1. The standard InChI is InChI=1S/C18H18N2O5/c1-11-14-8-12(23-2)5-6-15(14)25-17(11)18(22)20-10-16(21)19-9-13-4-3-7-24-13/h3-8H,9-10H2,1-2H3,(H,19,21)(H,20,22). The molecule has 0 saturated heterocycles. The second kappa shape index (κ2) is 7.12. The van der Waals surface area contributed by atoms with E-state index in [1.54, 1.807) is 44.4 Å². The number of hydrogen-bond donors (Lipinski definition) is 2. The maximum Gasteiger partial charge on any atom is 0.287 e. The Labute approximate surface area is 143 Å². The van der Waals surface area contributed by atoms with Crippen molar-refractivity contribution in [3.8, 4) is 5.75 Å². The van der Waals surface area contributed by atoms with E-state index >= 15 is 0 Å². The van der Waals surface area contributed by atoms with E-state index in [0.717, 1.165) is 5.39 Å². The predicted molar refractivity (Wildman–Crippen MR) is 90.4 cm³/mol. The lowest BCUT2D eigenvalue weighted by Crippen LogP contribution is -2.36. The van der Waals surface area contributed by atoms with Crippen LogP contribution in [0.3, 0.4) is 0 Å². The number of aryl methyl sites for hydroxylation is 1. The number of carbonyl (C=O) groups excluding carboxylic acids is 2. The second-order valence-electron chi connectivity index (χ2n) is 5.46. The van der Waals surface area contributed by atoms with Gasteiger partial charge in [-0.3, -0.25) is 9.59 Å². The number of benzene rings is 1. The Morgan fingerprint density at radius 2 is 2.04 bits per heavy atom. The third-order valence-corrected chi connectivity index (χ3v) is 3.80. The van der Waals surface area contributed by atoms with Crippen molar-refractivity contribution >= 4 is 22.8 Å². The number of rotatable bonds is 6. The zero-order valence-corrected chi connectivity index (χ0v) is 13.9. The van der Waals surface area contributed by atoms with E-state index < -0.39 is 5.91 Å². The number of methoxy groups -OCH3 is 1. The van der Waals surface area contributed by atoms with Crippen LogP contribution in [-0.4, -0.2) is 25.5 Å². The highest BCUT2D eigenvalue weighted by atomic mass is 16.5. The number of furan rings is 2. The molecule has 2 N–H and O–H groups in total. The number of fused-ring (bicyclic) bond motifs is 1. The number of hydrogen-bond acceptors (Lipinski definition) is 5. The van der Waals surface area contributed by atoms with Crippen LogP contribution in [-0.2, 0) is 11.3 Å². The third-order valence-electron chi connectivity index (χ3n) is 3.80. The van der Waals surface area contributed by atoms with Gasteiger partial charge < -0.3 is 24.2 Å². The van der Waals surface area contributed by atoms with Crippen molar-refractivity contribution in [3.05, 3.63) is 53.7 Å². The lowest BCUT2D eigenvalue weighted by Gasteiger charge is -2.05. The summed E-state index contributed by atoms with van der Waals surface area (Å²) < 4.78 is 15.9. The average molecular weight is 342 g/mol. The zero-order valence-electron chi connectivity index (χ0n) is 13.9. The van der Waals surface area contributed by atoms with Crippen LogP contribution in [0.5, 0.6) is 5.75 Å². The summed E-state index contributed by atoms with van der Waals surface area (Å²) in [5.41, 5.74) is 1.29. The second-order valence-corrected chi connectivity index (χ2v) is 5.46. The van der Waals surface area contributed by atoms with Gasteiger partial charge in [0.05, 0.1) is 26.5 Å². The molecule has 7 heteroatoms. The van der Waals surface area contributed by atoms with Crippen LogP contribution < -0.4 is 15.4 Å². The van der Waals surface area contributed by atoms with Gasteiger partial charge in [-0.2, -0.15) is 0 Å². The predicted octanol–water partition coefficient (Wildman–Crippen LogP) is 2.39. The van der Waals surface area contributed by atoms with Crippen molar-refractivity contribution in [1.82, 2.24) is 10.6 Å². The van der Waals surface area contributed by atoms with Gasteiger partial charge in [-0.1, -0.05) is 0 Å². The summed E-state index contributed by atoms with van der Waals surface area (Å²) in [6.07, 6.45) is 1.53. The first kappa shape index (κ1) is 16.6. The number of carbonyl (C=O) groups is 2. The van der Waals surface area contributed by atoms with Gasteiger partial charge in [0, 0.05) is 10.9 Å². The molecule has 130 valence electrons. The summed E-state index contributed by atoms with van der Waals surface area (Å²) in [4.78, 5) is 24.1. The molecule has 25 heavy (non-hydrogen) atoms. The Morgan fingerprint density at radius 1 is 1.20 bits per heavy atom. The molecule has 3 rings (SSSR count). The van der Waals surface area contributed by atoms with Gasteiger partial charge in [0.2, 0.25) is 5.91 Å². The molecule has 0 saturated carbocycles. The molecule has 0 aliphatic rings. The molecule has 0 unspecified atom stereocenters. The Morgan fingerprint density at radius 3 is 2.76 bits per heavy atom. The van der Waals surface area contributed by atoms with Gasteiger partial charge in [0.1, 0.15) is 17.1 Å². The molecule has 0 aliphatic heterocycles. The highest BCUT2D eigenvalue weighted by molar-refractivity contribution is 6.00. The number of ether oxygens (including phenoxy) is 1. The molecular weight excluding hydrogens is 324 g/mol. The van der Waals surface area contributed by atoms with Crippen molar-refractivity contribution in [2.45, 2.75) is 13.5 Å². The number of nitrogens with one attached hydrogen (secondary N) is 2. The molecular formula is C18H18N2O5. The van der Waals surface area contributed by atoms with Crippen molar-refractivity contribution in [3.63, 3.8) is 0 Å². The van der Waals surface area contributed by atoms with Crippen LogP contribution in [0.25, 0.3) is 11.0 Å². The van der Waals surface area contributed by atoms with E-state index in [2.05, 4.69) is 10.6 Å². The summed E-state index contributed by atoms with van der Waals surface area (Å²) in [6, 6.07) is 8.80. The Hall–Kier alpha value is -3.22. The van der Waals surface area contributed by atoms with Gasteiger partial charge in [-0.25, -0.2) is 0 Å². The van der Waals surface area contributed by atoms with Crippen LogP contribution in [0.1, 0.15) is 21.9 Å². The van der Waals surface area contributed by atoms with Crippen molar-refractivity contribution in [2.75, 3.05) is 13.7 Å². The first-order valence-corrected chi connectivity index (χ1v) is 7.73. The largest absolute Gasteiger partial charge is 0.497 e. The van der Waals surface area contributed by atoms with Crippen molar-refractivity contribution in [2.24, 2.45) is 0 Å². The van der Waals surface area contributed by atoms with Crippen LogP contribution in [0.4, 0.5) is 0 Å². The Balaban J connectivity index is 1.62. The average Bonchev–Trinajstić information content (AvgIpc) is 3.25. The maximum atomic E-state index is 12.3. The highest BCUT2D eigenvalue weighted by Gasteiger charge is 2.18. The molecule has 2 aromatic heterocycles. The number of amides is 2. The molecule has 2 amide bonds. The molecule has 0 bridgehead atoms. The van der Waals surface area contributed by atoms with Crippen molar-refractivity contribution < 1.29 is 23.2 Å². The molecule has 1 aromatic carbocycles. The van der Waals surface area contributed by atoms with Crippen LogP contribution in [0.15, 0.2) is 45.4 Å². The molecule has 7 nitrogen and oxygen atoms in total. The van der Waals surface area contributed by atoms with Crippen LogP contribution in [0, 0.1) is 6.92 Å². The fraction of sp³-hybridized carbons (Fsp3) is 0.222. The Kier molecular flexibility index (Phi) is 4.74.